The van der Waals surface area contributed by atoms with Crippen LogP contribution < -0.4 is 10.2 Å². The molecule has 38 heavy (non-hydrogen) atoms. The van der Waals surface area contributed by atoms with E-state index in [1.807, 2.05) is 57.2 Å². The van der Waals surface area contributed by atoms with Crippen LogP contribution in [0.15, 0.2) is 78.5 Å². The lowest BCUT2D eigenvalue weighted by Gasteiger charge is -2.27. The molecule has 1 aliphatic carbocycles. The van der Waals surface area contributed by atoms with E-state index in [0.29, 0.717) is 25.1 Å². The van der Waals surface area contributed by atoms with Crippen molar-refractivity contribution in [3.8, 4) is 0 Å². The minimum atomic E-state index is -0.618. The minimum absolute atomic E-state index is 0.152. The summed E-state index contributed by atoms with van der Waals surface area (Å²) in [6.07, 6.45) is 5.11. The Kier molecular flexibility index (Phi) is 8.56. The number of ether oxygens (including phenoxy) is 1. The fraction of sp³-hybridized carbons (Fsp3) is 0.323. The maximum Gasteiger partial charge on any atom is 0.414 e. The molecule has 2 amide bonds. The Labute approximate surface area is 223 Å². The highest BCUT2D eigenvalue weighted by Crippen LogP contribution is 2.33. The van der Waals surface area contributed by atoms with Gasteiger partial charge in [0.05, 0.1) is 0 Å². The van der Waals surface area contributed by atoms with Crippen molar-refractivity contribution in [1.29, 1.82) is 0 Å². The molecule has 1 aliphatic rings. The lowest BCUT2D eigenvalue weighted by molar-refractivity contribution is -0.113. The Balaban J connectivity index is 1.48. The Bertz CT molecular complexity index is 1300. The van der Waals surface area contributed by atoms with Crippen molar-refractivity contribution in [1.82, 2.24) is 4.98 Å². The lowest BCUT2D eigenvalue weighted by atomic mass is 9.87. The Morgan fingerprint density at radius 3 is 2.42 bits per heavy atom. The van der Waals surface area contributed by atoms with Crippen LogP contribution in [0.5, 0.6) is 0 Å². The average molecular weight is 516 g/mol. The second-order valence-electron chi connectivity index (χ2n) is 10.4. The highest BCUT2D eigenvalue weighted by molar-refractivity contribution is 6.09. The van der Waals surface area contributed by atoms with Crippen molar-refractivity contribution >= 4 is 28.9 Å². The molecule has 2 aromatic carbocycles. The lowest BCUT2D eigenvalue weighted by Crippen LogP contribution is -2.38. The molecule has 7 heteroatoms. The number of pyridine rings is 1. The normalized spacial score (nSPS) is 13.7. The van der Waals surface area contributed by atoms with Gasteiger partial charge in [-0.1, -0.05) is 30.3 Å². The standard InChI is InChI=1S/C31H34FN3O3/c1-31(2,3)38-30(37)35(26-9-5-4-6-10-26)20-18-24-21-25(17-19-33-24)34-29(36)28-12-8-7-11-27(28)22-13-15-23(32)16-14-22/h4-6,9-10,13-17,19,21H,7-8,11-12,18,20H2,1-3H3,(H,33,34,36). The summed E-state index contributed by atoms with van der Waals surface area (Å²) in [6, 6.07) is 19.3. The van der Waals surface area contributed by atoms with E-state index >= 15 is 0 Å². The van der Waals surface area contributed by atoms with E-state index in [1.165, 1.54) is 12.1 Å². The molecule has 0 aliphatic heterocycles. The summed E-state index contributed by atoms with van der Waals surface area (Å²) in [5.41, 5.74) is 4.09. The number of hydrogen-bond acceptors (Lipinski definition) is 4. The highest BCUT2D eigenvalue weighted by atomic mass is 19.1. The molecule has 1 heterocycles. The van der Waals surface area contributed by atoms with Gasteiger partial charge < -0.3 is 10.1 Å². The van der Waals surface area contributed by atoms with Gasteiger partial charge in [0.15, 0.2) is 0 Å². The van der Waals surface area contributed by atoms with E-state index in [9.17, 15) is 14.0 Å². The smallest absolute Gasteiger partial charge is 0.414 e. The Hall–Kier alpha value is -4.00. The number of allylic oxidation sites excluding steroid dienone is 1. The third kappa shape index (κ3) is 7.28. The predicted molar refractivity (Wildman–Crippen MR) is 148 cm³/mol. The number of nitrogens with one attached hydrogen (secondary N) is 1. The van der Waals surface area contributed by atoms with Crippen molar-refractivity contribution in [2.75, 3.05) is 16.8 Å². The maximum atomic E-state index is 13.4. The molecule has 0 spiro atoms. The summed E-state index contributed by atoms with van der Waals surface area (Å²) < 4.78 is 19.1. The third-order valence-electron chi connectivity index (χ3n) is 6.28. The van der Waals surface area contributed by atoms with Crippen molar-refractivity contribution in [2.24, 2.45) is 0 Å². The summed E-state index contributed by atoms with van der Waals surface area (Å²) in [5.74, 6) is -0.446. The number of rotatable bonds is 7. The van der Waals surface area contributed by atoms with Crippen LogP contribution in [0.2, 0.25) is 0 Å². The molecular weight excluding hydrogens is 481 g/mol. The summed E-state index contributed by atoms with van der Waals surface area (Å²) >= 11 is 0. The van der Waals surface area contributed by atoms with E-state index < -0.39 is 11.7 Å². The van der Waals surface area contributed by atoms with Crippen molar-refractivity contribution in [3.63, 3.8) is 0 Å². The van der Waals surface area contributed by atoms with Crippen LogP contribution in [0.25, 0.3) is 5.57 Å². The molecule has 4 rings (SSSR count). The van der Waals surface area contributed by atoms with Crippen molar-refractivity contribution in [2.45, 2.75) is 58.5 Å². The SMILES string of the molecule is CC(C)(C)OC(=O)N(CCc1cc(NC(=O)C2=C(c3ccc(F)cc3)CCCC2)ccn1)c1ccccc1. The Morgan fingerprint density at radius 2 is 1.71 bits per heavy atom. The van der Waals surface area contributed by atoms with E-state index in [-0.39, 0.29) is 11.7 Å². The summed E-state index contributed by atoms with van der Waals surface area (Å²) in [6.45, 7) is 5.88. The van der Waals surface area contributed by atoms with Crippen LogP contribution in [0, 0.1) is 5.82 Å². The van der Waals surface area contributed by atoms with Gasteiger partial charge in [-0.3, -0.25) is 14.7 Å². The van der Waals surface area contributed by atoms with Crippen molar-refractivity contribution in [3.05, 3.63) is 95.6 Å². The summed E-state index contributed by atoms with van der Waals surface area (Å²) in [4.78, 5) is 32.3. The number of carbonyl (C=O) groups is 2. The summed E-state index contributed by atoms with van der Waals surface area (Å²) in [7, 11) is 0. The first-order chi connectivity index (χ1) is 18.2. The number of carbonyl (C=O) groups excluding carboxylic acids is 2. The molecule has 6 nitrogen and oxygen atoms in total. The van der Waals surface area contributed by atoms with Crippen LogP contribution in [0.4, 0.5) is 20.6 Å². The summed E-state index contributed by atoms with van der Waals surface area (Å²) in [5, 5.41) is 3.02. The van der Waals surface area contributed by atoms with Crippen LogP contribution in [0.1, 0.15) is 57.7 Å². The maximum absolute atomic E-state index is 13.4. The van der Waals surface area contributed by atoms with Gasteiger partial charge in [-0.25, -0.2) is 9.18 Å². The number of para-hydroxylation sites is 1. The number of anilines is 2. The van der Waals surface area contributed by atoms with Crippen LogP contribution in [-0.4, -0.2) is 29.1 Å². The van der Waals surface area contributed by atoms with E-state index in [4.69, 9.17) is 4.74 Å². The first kappa shape index (κ1) is 27.0. The van der Waals surface area contributed by atoms with Crippen LogP contribution in [0.3, 0.4) is 0 Å². The van der Waals surface area contributed by atoms with Gasteiger partial charge in [-0.05, 0) is 94.0 Å². The second kappa shape index (κ2) is 12.0. The van der Waals surface area contributed by atoms with Gasteiger partial charge in [0, 0.05) is 41.8 Å². The van der Waals surface area contributed by atoms with Gasteiger partial charge in [-0.2, -0.15) is 0 Å². The molecule has 0 fully saturated rings. The molecular formula is C31H34FN3O3. The molecule has 0 bridgehead atoms. The topological polar surface area (TPSA) is 71.5 Å². The molecule has 1 N–H and O–H groups in total. The van der Waals surface area contributed by atoms with Gasteiger partial charge in [0.25, 0.3) is 5.91 Å². The predicted octanol–water partition coefficient (Wildman–Crippen LogP) is 7.17. The fourth-order valence-electron chi connectivity index (χ4n) is 4.50. The Morgan fingerprint density at radius 1 is 1.00 bits per heavy atom. The molecule has 1 aromatic heterocycles. The molecule has 0 saturated carbocycles. The largest absolute Gasteiger partial charge is 0.443 e. The average Bonchev–Trinajstić information content (AvgIpc) is 2.89. The molecule has 0 atom stereocenters. The number of aromatic nitrogens is 1. The molecule has 198 valence electrons. The second-order valence-corrected chi connectivity index (χ2v) is 10.4. The van der Waals surface area contributed by atoms with Gasteiger partial charge in [0.2, 0.25) is 0 Å². The zero-order chi connectivity index (χ0) is 27.1. The van der Waals surface area contributed by atoms with Crippen LogP contribution in [-0.2, 0) is 16.0 Å². The molecule has 0 radical (unpaired) electrons. The first-order valence-corrected chi connectivity index (χ1v) is 13.0. The molecule has 0 saturated heterocycles. The first-order valence-electron chi connectivity index (χ1n) is 13.0. The highest BCUT2D eigenvalue weighted by Gasteiger charge is 2.24. The van der Waals surface area contributed by atoms with E-state index in [1.54, 1.807) is 29.3 Å². The van der Waals surface area contributed by atoms with Gasteiger partial charge >= 0.3 is 6.09 Å². The molecule has 0 unspecified atom stereocenters. The number of benzene rings is 2. The zero-order valence-electron chi connectivity index (χ0n) is 22.2. The van der Waals surface area contributed by atoms with E-state index in [0.717, 1.165) is 47.4 Å². The number of amides is 2. The van der Waals surface area contributed by atoms with Crippen molar-refractivity contribution < 1.29 is 18.7 Å². The number of nitrogens with zero attached hydrogens (tertiary/aromatic N) is 2. The monoisotopic (exact) mass is 515 g/mol. The minimum Gasteiger partial charge on any atom is -0.443 e. The third-order valence-corrected chi connectivity index (χ3v) is 6.28. The fourth-order valence-corrected chi connectivity index (χ4v) is 4.50. The van der Waals surface area contributed by atoms with Gasteiger partial charge in [-0.15, -0.1) is 0 Å². The van der Waals surface area contributed by atoms with E-state index in [2.05, 4.69) is 10.3 Å². The van der Waals surface area contributed by atoms with Crippen LogP contribution >= 0.6 is 0 Å². The quantitative estimate of drug-likeness (QED) is 0.362. The van der Waals surface area contributed by atoms with Gasteiger partial charge in [0.1, 0.15) is 11.4 Å². The molecule has 3 aromatic rings. The number of hydrogen-bond donors (Lipinski definition) is 1. The zero-order valence-corrected chi connectivity index (χ0v) is 22.2. The number of halogens is 1.